The van der Waals surface area contributed by atoms with E-state index in [9.17, 15) is 9.18 Å². The quantitative estimate of drug-likeness (QED) is 0.742. The zero-order valence-corrected chi connectivity index (χ0v) is 13.4. The van der Waals surface area contributed by atoms with Gasteiger partial charge in [-0.1, -0.05) is 23.2 Å². The number of pyridine rings is 1. The summed E-state index contributed by atoms with van der Waals surface area (Å²) in [6.45, 7) is 3.96. The summed E-state index contributed by atoms with van der Waals surface area (Å²) in [4.78, 5) is 18.0. The molecule has 0 fully saturated rings. The smallest absolute Gasteiger partial charge is 0.262 e. The molecule has 0 radical (unpaired) electrons. The Morgan fingerprint density at radius 3 is 2.77 bits per heavy atom. The Morgan fingerprint density at radius 1 is 1.32 bits per heavy atom. The molecule has 0 unspecified atom stereocenters. The van der Waals surface area contributed by atoms with Crippen LogP contribution in [-0.2, 0) is 0 Å². The Bertz CT molecular complexity index is 748. The highest BCUT2D eigenvalue weighted by atomic mass is 35.5. The highest BCUT2D eigenvalue weighted by Gasteiger charge is 2.34. The summed E-state index contributed by atoms with van der Waals surface area (Å²) in [6.07, 6.45) is 2.37. The standard InChI is InChI=1S/C14H13Cl2FN4O/c1-7-5-8(2)21-11(3-4-18-21)20(7)14(22)9-6-10(17)13(16)19-12(9)15/h3-4,6-8H,5H2,1-2H3/t7-,8-/m0/s1. The summed E-state index contributed by atoms with van der Waals surface area (Å²) in [5.74, 6) is -0.544. The number of aromatic nitrogens is 3. The number of anilines is 1. The Hall–Kier alpha value is -1.66. The largest absolute Gasteiger partial charge is 0.290 e. The number of carbonyl (C=O) groups excluding carboxylic acids is 1. The molecule has 1 aliphatic rings. The molecule has 0 saturated carbocycles. The second kappa shape index (κ2) is 5.52. The van der Waals surface area contributed by atoms with Gasteiger partial charge in [-0.3, -0.25) is 9.69 Å². The first-order chi connectivity index (χ1) is 10.4. The first kappa shape index (κ1) is 15.2. The van der Waals surface area contributed by atoms with Crippen molar-refractivity contribution in [3.8, 4) is 0 Å². The molecule has 2 aromatic heterocycles. The molecule has 116 valence electrons. The Labute approximate surface area is 136 Å². The van der Waals surface area contributed by atoms with E-state index in [1.54, 1.807) is 21.8 Å². The van der Waals surface area contributed by atoms with Crippen molar-refractivity contribution >= 4 is 34.9 Å². The van der Waals surface area contributed by atoms with Crippen LogP contribution >= 0.6 is 23.2 Å². The maximum absolute atomic E-state index is 13.6. The van der Waals surface area contributed by atoms with E-state index >= 15 is 0 Å². The van der Waals surface area contributed by atoms with Gasteiger partial charge in [0.2, 0.25) is 0 Å². The molecule has 2 aromatic rings. The SMILES string of the molecule is C[C@H]1C[C@H](C)n2nccc2N1C(=O)c1cc(F)c(Cl)nc1Cl. The molecule has 8 heteroatoms. The maximum Gasteiger partial charge on any atom is 0.262 e. The van der Waals surface area contributed by atoms with Gasteiger partial charge < -0.3 is 0 Å². The Morgan fingerprint density at radius 2 is 2.05 bits per heavy atom. The highest BCUT2D eigenvalue weighted by molar-refractivity contribution is 6.35. The molecule has 1 aliphatic heterocycles. The van der Waals surface area contributed by atoms with Crippen LogP contribution in [-0.4, -0.2) is 26.7 Å². The lowest BCUT2D eigenvalue weighted by Crippen LogP contribution is -2.45. The second-order valence-electron chi connectivity index (χ2n) is 5.34. The molecule has 0 spiro atoms. The van der Waals surface area contributed by atoms with Crippen molar-refractivity contribution < 1.29 is 9.18 Å². The third-order valence-corrected chi connectivity index (χ3v) is 4.33. The molecule has 0 N–H and O–H groups in total. The van der Waals surface area contributed by atoms with Gasteiger partial charge in [0.25, 0.3) is 5.91 Å². The lowest BCUT2D eigenvalue weighted by atomic mass is 10.0. The van der Waals surface area contributed by atoms with Gasteiger partial charge in [0.05, 0.1) is 17.8 Å². The van der Waals surface area contributed by atoms with Crippen LogP contribution in [0.15, 0.2) is 18.3 Å². The average Bonchev–Trinajstić information content (AvgIpc) is 2.92. The molecular weight excluding hydrogens is 330 g/mol. The van der Waals surface area contributed by atoms with Crippen molar-refractivity contribution in [1.82, 2.24) is 14.8 Å². The third kappa shape index (κ3) is 2.36. The number of fused-ring (bicyclic) bond motifs is 1. The van der Waals surface area contributed by atoms with Crippen LogP contribution in [0.5, 0.6) is 0 Å². The minimum absolute atomic E-state index is 0.0160. The number of hydrogen-bond acceptors (Lipinski definition) is 3. The van der Waals surface area contributed by atoms with E-state index < -0.39 is 11.7 Å². The second-order valence-corrected chi connectivity index (χ2v) is 6.06. The monoisotopic (exact) mass is 342 g/mol. The summed E-state index contributed by atoms with van der Waals surface area (Å²) < 4.78 is 15.4. The normalized spacial score (nSPS) is 20.9. The number of carbonyl (C=O) groups is 1. The number of amides is 1. The van der Waals surface area contributed by atoms with Crippen molar-refractivity contribution in [2.75, 3.05) is 4.90 Å². The predicted octanol–water partition coefficient (Wildman–Crippen LogP) is 3.72. The zero-order valence-electron chi connectivity index (χ0n) is 11.9. The third-order valence-electron chi connectivity index (χ3n) is 3.77. The summed E-state index contributed by atoms with van der Waals surface area (Å²) >= 11 is 11.5. The molecule has 0 saturated heterocycles. The molecule has 0 aromatic carbocycles. The van der Waals surface area contributed by atoms with E-state index in [2.05, 4.69) is 10.1 Å². The van der Waals surface area contributed by atoms with Crippen LogP contribution in [0, 0.1) is 5.82 Å². The molecule has 22 heavy (non-hydrogen) atoms. The topological polar surface area (TPSA) is 51.0 Å². The van der Waals surface area contributed by atoms with E-state index in [4.69, 9.17) is 23.2 Å². The predicted molar refractivity (Wildman–Crippen MR) is 82.0 cm³/mol. The van der Waals surface area contributed by atoms with Crippen LogP contribution in [0.25, 0.3) is 0 Å². The van der Waals surface area contributed by atoms with E-state index in [-0.39, 0.29) is 28.0 Å². The van der Waals surface area contributed by atoms with Gasteiger partial charge in [0.15, 0.2) is 11.0 Å². The van der Waals surface area contributed by atoms with Gasteiger partial charge >= 0.3 is 0 Å². The summed E-state index contributed by atoms with van der Waals surface area (Å²) in [6, 6.07) is 2.88. The van der Waals surface area contributed by atoms with E-state index in [0.717, 1.165) is 12.5 Å². The molecule has 3 heterocycles. The number of halogens is 3. The maximum atomic E-state index is 13.6. The average molecular weight is 343 g/mol. The van der Waals surface area contributed by atoms with Gasteiger partial charge in [-0.2, -0.15) is 5.10 Å². The van der Waals surface area contributed by atoms with Crippen molar-refractivity contribution in [1.29, 1.82) is 0 Å². The van der Waals surface area contributed by atoms with Gasteiger partial charge in [-0.25, -0.2) is 14.1 Å². The minimum atomic E-state index is -0.777. The number of nitrogens with zero attached hydrogens (tertiary/aromatic N) is 4. The van der Waals surface area contributed by atoms with Gasteiger partial charge in [-0.05, 0) is 26.3 Å². The molecule has 2 atom stereocenters. The van der Waals surface area contributed by atoms with E-state index in [1.807, 2.05) is 13.8 Å². The summed E-state index contributed by atoms with van der Waals surface area (Å²) in [5, 5.41) is 3.76. The minimum Gasteiger partial charge on any atom is -0.290 e. The number of rotatable bonds is 1. The molecule has 3 rings (SSSR count). The lowest BCUT2D eigenvalue weighted by Gasteiger charge is -2.37. The Balaban J connectivity index is 2.06. The molecule has 1 amide bonds. The fourth-order valence-corrected chi connectivity index (χ4v) is 3.19. The number of hydrogen-bond donors (Lipinski definition) is 0. The fourth-order valence-electron chi connectivity index (χ4n) is 2.79. The highest BCUT2D eigenvalue weighted by Crippen LogP contribution is 2.33. The lowest BCUT2D eigenvalue weighted by molar-refractivity contribution is 0.0966. The van der Waals surface area contributed by atoms with Gasteiger partial charge in [0, 0.05) is 12.1 Å². The summed E-state index contributed by atoms with van der Waals surface area (Å²) in [7, 11) is 0. The zero-order chi connectivity index (χ0) is 16.0. The van der Waals surface area contributed by atoms with Crippen LogP contribution in [0.2, 0.25) is 10.3 Å². The first-order valence-corrected chi connectivity index (χ1v) is 7.54. The summed E-state index contributed by atoms with van der Waals surface area (Å²) in [5.41, 5.74) is -0.0160. The van der Waals surface area contributed by atoms with Crippen LogP contribution in [0.3, 0.4) is 0 Å². The van der Waals surface area contributed by atoms with Crippen LogP contribution < -0.4 is 4.90 Å². The van der Waals surface area contributed by atoms with Gasteiger partial charge in [-0.15, -0.1) is 0 Å². The van der Waals surface area contributed by atoms with Crippen molar-refractivity contribution in [2.24, 2.45) is 0 Å². The van der Waals surface area contributed by atoms with Crippen LogP contribution in [0.1, 0.15) is 36.7 Å². The molecular formula is C14H13Cl2FN4O. The van der Waals surface area contributed by atoms with Crippen molar-refractivity contribution in [3.63, 3.8) is 0 Å². The molecule has 0 aliphatic carbocycles. The Kier molecular flexibility index (Phi) is 3.82. The molecule has 5 nitrogen and oxygen atoms in total. The van der Waals surface area contributed by atoms with E-state index in [0.29, 0.717) is 5.82 Å². The first-order valence-electron chi connectivity index (χ1n) is 6.78. The van der Waals surface area contributed by atoms with E-state index in [1.165, 1.54) is 0 Å². The molecule has 0 bridgehead atoms. The van der Waals surface area contributed by atoms with Crippen molar-refractivity contribution in [2.45, 2.75) is 32.4 Å². The van der Waals surface area contributed by atoms with Crippen LogP contribution in [0.4, 0.5) is 10.2 Å². The van der Waals surface area contributed by atoms with Crippen molar-refractivity contribution in [3.05, 3.63) is 40.0 Å². The fraction of sp³-hybridized carbons (Fsp3) is 0.357. The van der Waals surface area contributed by atoms with Gasteiger partial charge in [0.1, 0.15) is 11.0 Å².